The van der Waals surface area contributed by atoms with Gasteiger partial charge in [-0.05, 0) is 44.2 Å². The number of fused-ring (bicyclic) bond motifs is 1. The lowest BCUT2D eigenvalue weighted by Gasteiger charge is -2.10. The maximum atomic E-state index is 6.21. The average molecular weight is 249 g/mol. The molecule has 1 aromatic carbocycles. The third-order valence-corrected chi connectivity index (χ3v) is 3.37. The Labute approximate surface area is 107 Å². The zero-order valence-corrected chi connectivity index (χ0v) is 11.2. The summed E-state index contributed by atoms with van der Waals surface area (Å²) in [6.45, 7) is 5.11. The second-order valence-electron chi connectivity index (χ2n) is 4.37. The van der Waals surface area contributed by atoms with E-state index in [1.54, 1.807) is 0 Å². The van der Waals surface area contributed by atoms with E-state index in [1.165, 1.54) is 11.1 Å². The first-order valence-electron chi connectivity index (χ1n) is 5.83. The number of aryl methyl sites for hydroxylation is 2. The van der Waals surface area contributed by atoms with Crippen LogP contribution in [0.2, 0.25) is 5.02 Å². The van der Waals surface area contributed by atoms with Gasteiger partial charge in [0.1, 0.15) is 0 Å². The first-order valence-corrected chi connectivity index (χ1v) is 6.21. The van der Waals surface area contributed by atoms with Crippen molar-refractivity contribution in [3.05, 3.63) is 40.0 Å². The van der Waals surface area contributed by atoms with Crippen LogP contribution in [0.15, 0.2) is 18.2 Å². The van der Waals surface area contributed by atoms with Crippen molar-refractivity contribution < 1.29 is 0 Å². The number of nitrogens with one attached hydrogen (secondary N) is 1. The van der Waals surface area contributed by atoms with E-state index in [2.05, 4.69) is 25.2 Å². The molecule has 0 spiro atoms. The Bertz CT molecular complexity index is 549. The maximum Gasteiger partial charge on any atom is 0.0749 e. The molecular weight excluding hydrogens is 232 g/mol. The van der Waals surface area contributed by atoms with E-state index in [-0.39, 0.29) is 0 Å². The van der Waals surface area contributed by atoms with E-state index in [9.17, 15) is 0 Å². The van der Waals surface area contributed by atoms with Crippen molar-refractivity contribution in [2.75, 3.05) is 13.6 Å². The standard InChI is InChI=1S/C14H17ClN2/c1-9-4-5-12(15)11-8-10(2)13(6-7-16-3)17-14(9)11/h4-5,8,16H,6-7H2,1-3H3. The second kappa shape index (κ2) is 5.03. The zero-order valence-electron chi connectivity index (χ0n) is 10.5. The number of pyridine rings is 1. The van der Waals surface area contributed by atoms with Gasteiger partial charge in [0.25, 0.3) is 0 Å². The molecule has 0 aliphatic rings. The minimum atomic E-state index is 0.779. The molecule has 0 unspecified atom stereocenters. The van der Waals surface area contributed by atoms with Crippen LogP contribution in [0.4, 0.5) is 0 Å². The van der Waals surface area contributed by atoms with Gasteiger partial charge in [-0.1, -0.05) is 17.7 Å². The predicted octanol–water partition coefficient (Wildman–Crippen LogP) is 3.27. The molecule has 1 aromatic heterocycles. The van der Waals surface area contributed by atoms with Gasteiger partial charge in [-0.25, -0.2) is 0 Å². The number of nitrogens with zero attached hydrogens (tertiary/aromatic N) is 1. The molecular formula is C14H17ClN2. The van der Waals surface area contributed by atoms with Gasteiger partial charge in [0.2, 0.25) is 0 Å². The maximum absolute atomic E-state index is 6.21. The van der Waals surface area contributed by atoms with E-state index in [1.807, 2.05) is 19.2 Å². The van der Waals surface area contributed by atoms with Crippen LogP contribution in [0.5, 0.6) is 0 Å². The molecule has 0 aliphatic carbocycles. The number of hydrogen-bond donors (Lipinski definition) is 1. The van der Waals surface area contributed by atoms with Crippen molar-refractivity contribution in [2.24, 2.45) is 0 Å². The lowest BCUT2D eigenvalue weighted by molar-refractivity contribution is 0.775. The number of aromatic nitrogens is 1. The van der Waals surface area contributed by atoms with Crippen LogP contribution >= 0.6 is 11.6 Å². The molecule has 0 bridgehead atoms. The van der Waals surface area contributed by atoms with E-state index in [0.717, 1.165) is 34.6 Å². The SMILES string of the molecule is CNCCc1nc2c(C)ccc(Cl)c2cc1C. The van der Waals surface area contributed by atoms with Crippen molar-refractivity contribution in [3.8, 4) is 0 Å². The highest BCUT2D eigenvalue weighted by Crippen LogP contribution is 2.26. The number of hydrogen-bond acceptors (Lipinski definition) is 2. The number of halogens is 1. The minimum Gasteiger partial charge on any atom is -0.319 e. The van der Waals surface area contributed by atoms with Crippen molar-refractivity contribution in [1.29, 1.82) is 0 Å². The largest absolute Gasteiger partial charge is 0.319 e. The molecule has 0 atom stereocenters. The van der Waals surface area contributed by atoms with Gasteiger partial charge in [0, 0.05) is 29.1 Å². The van der Waals surface area contributed by atoms with Gasteiger partial charge in [0.05, 0.1) is 5.52 Å². The Hall–Kier alpha value is -1.12. The van der Waals surface area contributed by atoms with Crippen LogP contribution in [0.1, 0.15) is 16.8 Å². The number of benzene rings is 1. The third-order valence-electron chi connectivity index (χ3n) is 3.04. The van der Waals surface area contributed by atoms with Gasteiger partial charge in [-0.15, -0.1) is 0 Å². The van der Waals surface area contributed by atoms with Crippen molar-refractivity contribution in [2.45, 2.75) is 20.3 Å². The molecule has 0 saturated carbocycles. The monoisotopic (exact) mass is 248 g/mol. The smallest absolute Gasteiger partial charge is 0.0749 e. The van der Waals surface area contributed by atoms with Crippen molar-refractivity contribution >= 4 is 22.5 Å². The Balaban J connectivity index is 2.59. The molecule has 0 aliphatic heterocycles. The highest BCUT2D eigenvalue weighted by molar-refractivity contribution is 6.35. The first-order chi connectivity index (χ1) is 8.13. The average Bonchev–Trinajstić information content (AvgIpc) is 2.32. The quantitative estimate of drug-likeness (QED) is 0.902. The number of likely N-dealkylation sites (N-methyl/N-ethyl adjacent to an activating group) is 1. The molecule has 90 valence electrons. The first kappa shape index (κ1) is 12.3. The van der Waals surface area contributed by atoms with Crippen LogP contribution in [0.3, 0.4) is 0 Å². The molecule has 0 amide bonds. The molecule has 1 heterocycles. The summed E-state index contributed by atoms with van der Waals surface area (Å²) < 4.78 is 0. The normalized spacial score (nSPS) is 11.1. The summed E-state index contributed by atoms with van der Waals surface area (Å²) in [5.74, 6) is 0. The summed E-state index contributed by atoms with van der Waals surface area (Å²) in [6, 6.07) is 6.10. The number of rotatable bonds is 3. The van der Waals surface area contributed by atoms with Crippen LogP contribution in [-0.4, -0.2) is 18.6 Å². The molecule has 0 radical (unpaired) electrons. The predicted molar refractivity (Wildman–Crippen MR) is 73.9 cm³/mol. The van der Waals surface area contributed by atoms with E-state index < -0.39 is 0 Å². The fourth-order valence-corrected chi connectivity index (χ4v) is 2.20. The van der Waals surface area contributed by atoms with Gasteiger partial charge >= 0.3 is 0 Å². The van der Waals surface area contributed by atoms with Crippen LogP contribution < -0.4 is 5.32 Å². The Morgan fingerprint density at radius 2 is 2.00 bits per heavy atom. The van der Waals surface area contributed by atoms with E-state index >= 15 is 0 Å². The molecule has 2 nitrogen and oxygen atoms in total. The summed E-state index contributed by atoms with van der Waals surface area (Å²) in [7, 11) is 1.96. The van der Waals surface area contributed by atoms with Gasteiger partial charge in [0.15, 0.2) is 0 Å². The Morgan fingerprint density at radius 3 is 2.71 bits per heavy atom. The van der Waals surface area contributed by atoms with Crippen molar-refractivity contribution in [3.63, 3.8) is 0 Å². The molecule has 0 saturated heterocycles. The molecule has 0 fully saturated rings. The van der Waals surface area contributed by atoms with Gasteiger partial charge < -0.3 is 5.32 Å². The van der Waals surface area contributed by atoms with Gasteiger partial charge in [-0.3, -0.25) is 4.98 Å². The minimum absolute atomic E-state index is 0.779. The van der Waals surface area contributed by atoms with E-state index in [4.69, 9.17) is 16.6 Å². The molecule has 1 N–H and O–H groups in total. The topological polar surface area (TPSA) is 24.9 Å². The summed E-state index contributed by atoms with van der Waals surface area (Å²) in [5.41, 5.74) is 4.56. The summed E-state index contributed by atoms with van der Waals surface area (Å²) in [4.78, 5) is 4.75. The fourth-order valence-electron chi connectivity index (χ4n) is 2.00. The summed E-state index contributed by atoms with van der Waals surface area (Å²) >= 11 is 6.21. The second-order valence-corrected chi connectivity index (χ2v) is 4.77. The van der Waals surface area contributed by atoms with Gasteiger partial charge in [-0.2, -0.15) is 0 Å². The lowest BCUT2D eigenvalue weighted by atomic mass is 10.1. The Kier molecular flexibility index (Phi) is 3.65. The lowest BCUT2D eigenvalue weighted by Crippen LogP contribution is -2.12. The fraction of sp³-hybridized carbons (Fsp3) is 0.357. The van der Waals surface area contributed by atoms with Crippen LogP contribution in [-0.2, 0) is 6.42 Å². The highest BCUT2D eigenvalue weighted by Gasteiger charge is 2.07. The molecule has 2 rings (SSSR count). The van der Waals surface area contributed by atoms with Crippen molar-refractivity contribution in [1.82, 2.24) is 10.3 Å². The highest BCUT2D eigenvalue weighted by atomic mass is 35.5. The Morgan fingerprint density at radius 1 is 1.24 bits per heavy atom. The zero-order chi connectivity index (χ0) is 12.4. The summed E-state index contributed by atoms with van der Waals surface area (Å²) in [6.07, 6.45) is 0.949. The molecule has 17 heavy (non-hydrogen) atoms. The summed E-state index contributed by atoms with van der Waals surface area (Å²) in [5, 5.41) is 4.98. The molecule has 3 heteroatoms. The third kappa shape index (κ3) is 2.43. The molecule has 2 aromatic rings. The van der Waals surface area contributed by atoms with Crippen LogP contribution in [0.25, 0.3) is 10.9 Å². The van der Waals surface area contributed by atoms with E-state index in [0.29, 0.717) is 0 Å². The van der Waals surface area contributed by atoms with Crippen LogP contribution in [0, 0.1) is 13.8 Å².